The van der Waals surface area contributed by atoms with Crippen molar-refractivity contribution in [1.29, 1.82) is 0 Å². The number of benzene rings is 2. The zero-order chi connectivity index (χ0) is 13.5. The number of hydrogen-bond acceptors (Lipinski definition) is 3. The van der Waals surface area contributed by atoms with Crippen LogP contribution in [0.15, 0.2) is 60.7 Å². The van der Waals surface area contributed by atoms with Crippen molar-refractivity contribution in [2.45, 2.75) is 13.0 Å². The van der Waals surface area contributed by atoms with Gasteiger partial charge in [0.05, 0.1) is 6.61 Å². The highest BCUT2D eigenvalue weighted by Crippen LogP contribution is 2.36. The van der Waals surface area contributed by atoms with Crippen molar-refractivity contribution in [2.75, 3.05) is 6.61 Å². The highest BCUT2D eigenvalue weighted by molar-refractivity contribution is 7.33. The van der Waals surface area contributed by atoms with Gasteiger partial charge in [0, 0.05) is 0 Å². The van der Waals surface area contributed by atoms with Gasteiger partial charge in [0.15, 0.2) is 0 Å². The molecule has 0 saturated carbocycles. The van der Waals surface area contributed by atoms with Crippen molar-refractivity contribution < 1.29 is 13.6 Å². The van der Waals surface area contributed by atoms with E-state index in [0.717, 1.165) is 11.1 Å². The van der Waals surface area contributed by atoms with Crippen LogP contribution in [0.5, 0.6) is 0 Å². The van der Waals surface area contributed by atoms with E-state index < -0.39 is 8.25 Å². The van der Waals surface area contributed by atoms with Gasteiger partial charge in [-0.3, -0.25) is 9.09 Å². The molecular weight excluding hydrogens is 259 g/mol. The lowest BCUT2D eigenvalue weighted by Gasteiger charge is -2.18. The normalized spacial score (nSPS) is 12.5. The first-order chi connectivity index (χ1) is 9.31. The summed E-state index contributed by atoms with van der Waals surface area (Å²) in [7, 11) is -2.48. The van der Waals surface area contributed by atoms with Crippen molar-refractivity contribution in [3.05, 3.63) is 71.8 Å². The molecule has 0 saturated heterocycles. The molecule has 0 aliphatic carbocycles. The van der Waals surface area contributed by atoms with Crippen molar-refractivity contribution in [3.8, 4) is 0 Å². The minimum Gasteiger partial charge on any atom is -0.311 e. The Hall–Kier alpha value is -1.41. The maximum atomic E-state index is 11.7. The van der Waals surface area contributed by atoms with Crippen LogP contribution in [0.3, 0.4) is 0 Å². The standard InChI is InChI=1S/C15H17O3P/c1-2-17-19(16)18-15(13-9-5-3-6-10-13)14-11-7-4-8-12-14/h3-12,15,19H,2H2,1H3. The zero-order valence-corrected chi connectivity index (χ0v) is 11.8. The third-order valence-corrected chi connectivity index (χ3v) is 3.63. The van der Waals surface area contributed by atoms with Crippen LogP contribution in [-0.4, -0.2) is 6.61 Å². The lowest BCUT2D eigenvalue weighted by atomic mass is 10.0. The van der Waals surface area contributed by atoms with E-state index in [9.17, 15) is 4.57 Å². The lowest BCUT2D eigenvalue weighted by Crippen LogP contribution is -2.02. The molecule has 0 amide bonds. The smallest absolute Gasteiger partial charge is 0.311 e. The van der Waals surface area contributed by atoms with Crippen LogP contribution in [0, 0.1) is 0 Å². The fourth-order valence-corrected chi connectivity index (χ4v) is 2.60. The van der Waals surface area contributed by atoms with Gasteiger partial charge >= 0.3 is 8.25 Å². The van der Waals surface area contributed by atoms with Gasteiger partial charge in [-0.15, -0.1) is 0 Å². The molecule has 1 unspecified atom stereocenters. The van der Waals surface area contributed by atoms with Gasteiger partial charge in [-0.1, -0.05) is 60.7 Å². The quantitative estimate of drug-likeness (QED) is 0.741. The maximum Gasteiger partial charge on any atom is 0.320 e. The SMILES string of the molecule is CCO[PH](=O)OC(c1ccccc1)c1ccccc1. The summed E-state index contributed by atoms with van der Waals surface area (Å²) in [5, 5.41) is 0. The molecule has 100 valence electrons. The monoisotopic (exact) mass is 276 g/mol. The Morgan fingerprint density at radius 2 is 1.42 bits per heavy atom. The Bertz CT molecular complexity index is 474. The highest BCUT2D eigenvalue weighted by Gasteiger charge is 2.17. The van der Waals surface area contributed by atoms with E-state index in [-0.39, 0.29) is 6.10 Å². The van der Waals surface area contributed by atoms with Gasteiger partial charge < -0.3 is 4.52 Å². The summed E-state index contributed by atoms with van der Waals surface area (Å²) < 4.78 is 22.4. The van der Waals surface area contributed by atoms with Crippen LogP contribution in [-0.2, 0) is 13.6 Å². The molecule has 0 N–H and O–H groups in total. The van der Waals surface area contributed by atoms with E-state index in [4.69, 9.17) is 9.05 Å². The summed E-state index contributed by atoms with van der Waals surface area (Å²) in [6, 6.07) is 19.5. The Morgan fingerprint density at radius 1 is 0.947 bits per heavy atom. The predicted molar refractivity (Wildman–Crippen MR) is 76.4 cm³/mol. The third-order valence-electron chi connectivity index (χ3n) is 2.68. The topological polar surface area (TPSA) is 35.5 Å². The van der Waals surface area contributed by atoms with E-state index in [2.05, 4.69) is 0 Å². The Balaban J connectivity index is 2.26. The van der Waals surface area contributed by atoms with Crippen LogP contribution in [0.4, 0.5) is 0 Å². The average molecular weight is 276 g/mol. The first-order valence-corrected chi connectivity index (χ1v) is 7.47. The zero-order valence-electron chi connectivity index (χ0n) is 10.8. The molecule has 2 aromatic carbocycles. The maximum absolute atomic E-state index is 11.7. The van der Waals surface area contributed by atoms with E-state index in [1.165, 1.54) is 0 Å². The van der Waals surface area contributed by atoms with Crippen LogP contribution in [0.25, 0.3) is 0 Å². The molecule has 19 heavy (non-hydrogen) atoms. The van der Waals surface area contributed by atoms with E-state index in [0.29, 0.717) is 6.61 Å². The molecule has 3 nitrogen and oxygen atoms in total. The van der Waals surface area contributed by atoms with Gasteiger partial charge in [0.1, 0.15) is 6.10 Å². The van der Waals surface area contributed by atoms with Crippen LogP contribution >= 0.6 is 8.25 Å². The second-order valence-electron chi connectivity index (χ2n) is 4.00. The molecule has 0 bridgehead atoms. The van der Waals surface area contributed by atoms with Gasteiger partial charge in [-0.25, -0.2) is 0 Å². The first kappa shape index (κ1) is 14.0. The molecule has 0 heterocycles. The predicted octanol–water partition coefficient (Wildman–Crippen LogP) is 4.22. The minimum atomic E-state index is -2.48. The Morgan fingerprint density at radius 3 is 1.84 bits per heavy atom. The highest BCUT2D eigenvalue weighted by atomic mass is 31.1. The summed E-state index contributed by atoms with van der Waals surface area (Å²) in [6.07, 6.45) is -0.361. The average Bonchev–Trinajstić information content (AvgIpc) is 2.47. The summed E-state index contributed by atoms with van der Waals surface area (Å²) in [5.41, 5.74) is 1.93. The van der Waals surface area contributed by atoms with E-state index >= 15 is 0 Å². The van der Waals surface area contributed by atoms with Crippen LogP contribution in [0.2, 0.25) is 0 Å². The molecule has 2 aromatic rings. The van der Waals surface area contributed by atoms with Crippen molar-refractivity contribution in [1.82, 2.24) is 0 Å². The molecule has 0 aliphatic rings. The van der Waals surface area contributed by atoms with Crippen LogP contribution in [0.1, 0.15) is 24.2 Å². The molecule has 0 spiro atoms. The largest absolute Gasteiger partial charge is 0.320 e. The van der Waals surface area contributed by atoms with Crippen molar-refractivity contribution >= 4 is 8.25 Å². The van der Waals surface area contributed by atoms with Gasteiger partial charge in [0.25, 0.3) is 0 Å². The van der Waals surface area contributed by atoms with Gasteiger partial charge in [-0.2, -0.15) is 0 Å². The molecule has 0 aromatic heterocycles. The molecular formula is C15H17O3P. The summed E-state index contributed by atoms with van der Waals surface area (Å²) in [6.45, 7) is 2.18. The van der Waals surface area contributed by atoms with Crippen molar-refractivity contribution in [2.24, 2.45) is 0 Å². The third kappa shape index (κ3) is 4.03. The fourth-order valence-electron chi connectivity index (χ4n) is 1.83. The molecule has 2 rings (SSSR count). The molecule has 0 fully saturated rings. The van der Waals surface area contributed by atoms with Crippen LogP contribution < -0.4 is 0 Å². The van der Waals surface area contributed by atoms with Gasteiger partial charge in [0.2, 0.25) is 0 Å². The Labute approximate surface area is 114 Å². The molecule has 4 heteroatoms. The minimum absolute atomic E-state index is 0.361. The summed E-state index contributed by atoms with van der Waals surface area (Å²) in [4.78, 5) is 0. The molecule has 0 aliphatic heterocycles. The Kier molecular flexibility index (Phi) is 5.34. The number of hydrogen-bond donors (Lipinski definition) is 0. The molecule has 0 radical (unpaired) electrons. The summed E-state index contributed by atoms with van der Waals surface area (Å²) >= 11 is 0. The van der Waals surface area contributed by atoms with E-state index in [1.807, 2.05) is 60.7 Å². The summed E-state index contributed by atoms with van der Waals surface area (Å²) in [5.74, 6) is 0. The molecule has 1 atom stereocenters. The van der Waals surface area contributed by atoms with Crippen molar-refractivity contribution in [3.63, 3.8) is 0 Å². The van der Waals surface area contributed by atoms with Gasteiger partial charge in [-0.05, 0) is 18.1 Å². The second kappa shape index (κ2) is 7.25. The number of rotatable bonds is 6. The van der Waals surface area contributed by atoms with E-state index in [1.54, 1.807) is 6.92 Å². The fraction of sp³-hybridized carbons (Fsp3) is 0.200. The first-order valence-electron chi connectivity index (χ1n) is 6.24. The lowest BCUT2D eigenvalue weighted by molar-refractivity contribution is 0.195. The second-order valence-corrected chi connectivity index (χ2v) is 5.03.